The van der Waals surface area contributed by atoms with E-state index in [1.54, 1.807) is 4.90 Å². The van der Waals surface area contributed by atoms with E-state index in [0.29, 0.717) is 19.4 Å². The number of hydrogen-bond donors (Lipinski definition) is 2. The number of ether oxygens (including phenoxy) is 1. The fourth-order valence-electron chi connectivity index (χ4n) is 2.86. The van der Waals surface area contributed by atoms with Gasteiger partial charge in [0.25, 0.3) is 5.88 Å². The van der Waals surface area contributed by atoms with Crippen molar-refractivity contribution < 1.29 is 19.1 Å². The minimum Gasteiger partial charge on any atom is -0.470 e. The minimum atomic E-state index is -0.869. The summed E-state index contributed by atoms with van der Waals surface area (Å²) in [5.41, 5.74) is 0.0853. The van der Waals surface area contributed by atoms with Crippen LogP contribution in [0.3, 0.4) is 0 Å². The zero-order valence-corrected chi connectivity index (χ0v) is 13.3. The molecule has 0 saturated carbocycles. The third-order valence-electron chi connectivity index (χ3n) is 3.98. The number of nitrogens with zero attached hydrogens (tertiary/aromatic N) is 4. The average Bonchev–Trinajstić information content (AvgIpc) is 2.61. The standard InChI is InChI=1S/C15H16N6O4/c16-7-11-13(18-4-3-17-11)25-9-2-1-5-21(8-9)14(23)10-6-12(22)20-15(24)19-10/h3-4,9-10H,1-2,5-6,8H2,(H2,19,20,22,24). The smallest absolute Gasteiger partial charge is 0.322 e. The number of rotatable bonds is 3. The molecule has 10 heteroatoms. The van der Waals surface area contributed by atoms with Crippen LogP contribution in [0.1, 0.15) is 25.0 Å². The number of nitriles is 1. The van der Waals surface area contributed by atoms with Crippen molar-refractivity contribution in [1.29, 1.82) is 5.26 Å². The van der Waals surface area contributed by atoms with Crippen LogP contribution in [0.4, 0.5) is 4.79 Å². The van der Waals surface area contributed by atoms with Gasteiger partial charge >= 0.3 is 6.03 Å². The molecule has 2 fully saturated rings. The van der Waals surface area contributed by atoms with Gasteiger partial charge in [-0.1, -0.05) is 0 Å². The maximum atomic E-state index is 12.6. The molecule has 3 heterocycles. The summed E-state index contributed by atoms with van der Waals surface area (Å²) in [7, 11) is 0. The second-order valence-electron chi connectivity index (χ2n) is 5.77. The van der Waals surface area contributed by atoms with Crippen molar-refractivity contribution in [3.63, 3.8) is 0 Å². The number of likely N-dealkylation sites (tertiary alicyclic amines) is 1. The number of urea groups is 1. The van der Waals surface area contributed by atoms with E-state index < -0.39 is 18.0 Å². The van der Waals surface area contributed by atoms with E-state index >= 15 is 0 Å². The Bertz CT molecular complexity index is 730. The van der Waals surface area contributed by atoms with Crippen LogP contribution >= 0.6 is 0 Å². The van der Waals surface area contributed by atoms with Crippen molar-refractivity contribution in [3.05, 3.63) is 18.1 Å². The first-order valence-corrected chi connectivity index (χ1v) is 7.83. The molecule has 0 spiro atoms. The topological polar surface area (TPSA) is 137 Å². The Morgan fingerprint density at radius 3 is 2.92 bits per heavy atom. The van der Waals surface area contributed by atoms with Crippen LogP contribution in [0.25, 0.3) is 0 Å². The van der Waals surface area contributed by atoms with Crippen LogP contribution in [0.15, 0.2) is 12.4 Å². The molecular weight excluding hydrogens is 328 g/mol. The summed E-state index contributed by atoms with van der Waals surface area (Å²) in [5.74, 6) is -0.670. The molecule has 1 aromatic heterocycles. The van der Waals surface area contributed by atoms with Gasteiger partial charge in [-0.2, -0.15) is 5.26 Å². The Kier molecular flexibility index (Phi) is 4.74. The summed E-state index contributed by atoms with van der Waals surface area (Å²) >= 11 is 0. The van der Waals surface area contributed by atoms with E-state index in [2.05, 4.69) is 20.6 Å². The second kappa shape index (κ2) is 7.12. The fraction of sp³-hybridized carbons (Fsp3) is 0.467. The van der Waals surface area contributed by atoms with E-state index in [1.165, 1.54) is 12.4 Å². The van der Waals surface area contributed by atoms with Gasteiger partial charge in [0.1, 0.15) is 18.2 Å². The lowest BCUT2D eigenvalue weighted by Gasteiger charge is -2.35. The fourth-order valence-corrected chi connectivity index (χ4v) is 2.86. The van der Waals surface area contributed by atoms with Gasteiger partial charge in [-0.3, -0.25) is 14.9 Å². The largest absolute Gasteiger partial charge is 0.470 e. The van der Waals surface area contributed by atoms with Gasteiger partial charge in [0.05, 0.1) is 13.0 Å². The molecule has 10 nitrogen and oxygen atoms in total. The average molecular weight is 344 g/mol. The predicted molar refractivity (Wildman–Crippen MR) is 82.1 cm³/mol. The third kappa shape index (κ3) is 3.82. The normalized spacial score (nSPS) is 23.2. The van der Waals surface area contributed by atoms with E-state index in [0.717, 1.165) is 0 Å². The predicted octanol–water partition coefficient (Wildman–Crippen LogP) is -0.684. The lowest BCUT2D eigenvalue weighted by molar-refractivity contribution is -0.138. The molecule has 2 aliphatic heterocycles. The van der Waals surface area contributed by atoms with Crippen molar-refractivity contribution >= 4 is 17.8 Å². The minimum absolute atomic E-state index is 0.0853. The number of nitrogens with one attached hydrogen (secondary N) is 2. The zero-order valence-electron chi connectivity index (χ0n) is 13.3. The monoisotopic (exact) mass is 344 g/mol. The van der Waals surface area contributed by atoms with E-state index in [4.69, 9.17) is 10.00 Å². The molecule has 0 bridgehead atoms. The molecule has 2 saturated heterocycles. The Morgan fingerprint density at radius 1 is 1.36 bits per heavy atom. The maximum absolute atomic E-state index is 12.6. The molecule has 2 unspecified atom stereocenters. The summed E-state index contributed by atoms with van der Waals surface area (Å²) < 4.78 is 5.73. The molecule has 25 heavy (non-hydrogen) atoms. The Balaban J connectivity index is 1.65. The molecule has 4 amide bonds. The molecule has 2 aliphatic rings. The van der Waals surface area contributed by atoms with E-state index in [-0.39, 0.29) is 36.6 Å². The lowest BCUT2D eigenvalue weighted by atomic mass is 10.0. The van der Waals surface area contributed by atoms with Crippen molar-refractivity contribution in [3.8, 4) is 11.9 Å². The number of aromatic nitrogens is 2. The number of carbonyl (C=O) groups is 3. The van der Waals surface area contributed by atoms with Crippen molar-refractivity contribution in [2.45, 2.75) is 31.4 Å². The summed E-state index contributed by atoms with van der Waals surface area (Å²) in [6, 6.07) is 0.371. The first-order valence-electron chi connectivity index (χ1n) is 7.83. The van der Waals surface area contributed by atoms with Crippen LogP contribution in [-0.2, 0) is 9.59 Å². The maximum Gasteiger partial charge on any atom is 0.322 e. The number of hydrogen-bond acceptors (Lipinski definition) is 7. The molecule has 2 atom stereocenters. The molecule has 1 aromatic rings. The van der Waals surface area contributed by atoms with Crippen molar-refractivity contribution in [2.75, 3.05) is 13.1 Å². The van der Waals surface area contributed by atoms with Gasteiger partial charge in [0.15, 0.2) is 0 Å². The lowest BCUT2D eigenvalue weighted by Crippen LogP contribution is -2.59. The SMILES string of the molecule is N#Cc1nccnc1OC1CCCN(C(=O)C2CC(=O)NC(=O)N2)C1. The molecule has 130 valence electrons. The molecule has 0 radical (unpaired) electrons. The second-order valence-corrected chi connectivity index (χ2v) is 5.77. The molecule has 0 aromatic carbocycles. The highest BCUT2D eigenvalue weighted by Crippen LogP contribution is 2.19. The van der Waals surface area contributed by atoms with Crippen molar-refractivity contribution in [2.24, 2.45) is 0 Å². The van der Waals surface area contributed by atoms with Crippen LogP contribution < -0.4 is 15.4 Å². The van der Waals surface area contributed by atoms with Crippen molar-refractivity contribution in [1.82, 2.24) is 25.5 Å². The summed E-state index contributed by atoms with van der Waals surface area (Å²) in [4.78, 5) is 44.8. The highest BCUT2D eigenvalue weighted by molar-refractivity contribution is 6.02. The number of piperidine rings is 1. The third-order valence-corrected chi connectivity index (χ3v) is 3.98. The number of carbonyl (C=O) groups excluding carboxylic acids is 3. The molecule has 0 aliphatic carbocycles. The van der Waals surface area contributed by atoms with Gasteiger partial charge in [-0.05, 0) is 12.8 Å². The summed E-state index contributed by atoms with van der Waals surface area (Å²) in [6.07, 6.45) is 3.80. The molecule has 3 rings (SSSR count). The van der Waals surface area contributed by atoms with E-state index in [9.17, 15) is 14.4 Å². The molecule has 2 N–H and O–H groups in total. The summed E-state index contributed by atoms with van der Waals surface area (Å²) in [5, 5.41) is 13.6. The van der Waals surface area contributed by atoms with Crippen LogP contribution in [0, 0.1) is 11.3 Å². The number of amides is 4. The first kappa shape index (κ1) is 16.6. The van der Waals surface area contributed by atoms with Gasteiger partial charge < -0.3 is 15.0 Å². The first-order chi connectivity index (χ1) is 12.1. The highest BCUT2D eigenvalue weighted by atomic mass is 16.5. The van der Waals surface area contributed by atoms with Crippen LogP contribution in [0.5, 0.6) is 5.88 Å². The Morgan fingerprint density at radius 2 is 2.16 bits per heavy atom. The quantitative estimate of drug-likeness (QED) is 0.740. The Hall–Kier alpha value is -3.22. The zero-order chi connectivity index (χ0) is 17.8. The summed E-state index contributed by atoms with van der Waals surface area (Å²) in [6.45, 7) is 0.798. The number of imide groups is 1. The highest BCUT2D eigenvalue weighted by Gasteiger charge is 2.35. The van der Waals surface area contributed by atoms with E-state index in [1.807, 2.05) is 6.07 Å². The van der Waals surface area contributed by atoms with Gasteiger partial charge in [-0.15, -0.1) is 0 Å². The van der Waals surface area contributed by atoms with Gasteiger partial charge in [-0.25, -0.2) is 14.8 Å². The molecular formula is C15H16N6O4. The van der Waals surface area contributed by atoms with Crippen LogP contribution in [-0.4, -0.2) is 57.9 Å². The Labute approximate surface area is 143 Å². The van der Waals surface area contributed by atoms with Gasteiger partial charge in [0, 0.05) is 18.9 Å². The van der Waals surface area contributed by atoms with Gasteiger partial charge in [0.2, 0.25) is 17.5 Å². The van der Waals surface area contributed by atoms with Crippen LogP contribution in [0.2, 0.25) is 0 Å².